The highest BCUT2D eigenvalue weighted by molar-refractivity contribution is 6.28. The molecule has 0 aliphatic heterocycles. The van der Waals surface area contributed by atoms with Crippen LogP contribution in [0, 0.1) is 0 Å². The summed E-state index contributed by atoms with van der Waals surface area (Å²) in [4.78, 5) is 16.6. The minimum atomic E-state index is -0.168. The topological polar surface area (TPSA) is 52.7 Å². The quantitative estimate of drug-likeness (QED) is 0.677. The fourth-order valence-electron chi connectivity index (χ4n) is 2.24. The lowest BCUT2D eigenvalue weighted by Gasteiger charge is -2.01. The van der Waals surface area contributed by atoms with Crippen LogP contribution in [0.4, 0.5) is 0 Å². The van der Waals surface area contributed by atoms with Crippen LogP contribution in [0.1, 0.15) is 11.3 Å². The number of aryl methyl sites for hydroxylation is 1. The van der Waals surface area contributed by atoms with Gasteiger partial charge >= 0.3 is 0 Å². The summed E-state index contributed by atoms with van der Waals surface area (Å²) in [7, 11) is 3.37. The van der Waals surface area contributed by atoms with Crippen molar-refractivity contribution in [3.8, 4) is 0 Å². The van der Waals surface area contributed by atoms with Gasteiger partial charge in [0.2, 0.25) is 5.28 Å². The first-order valence-corrected chi connectivity index (χ1v) is 6.57. The van der Waals surface area contributed by atoms with Gasteiger partial charge in [-0.1, -0.05) is 30.3 Å². The molecule has 0 radical (unpaired) electrons. The molecule has 0 aliphatic rings. The lowest BCUT2D eigenvalue weighted by molar-refractivity contribution is 0.760. The van der Waals surface area contributed by atoms with Gasteiger partial charge in [0.25, 0.3) is 5.56 Å². The Hall–Kier alpha value is -2.14. The second-order valence-electron chi connectivity index (χ2n) is 4.68. The molecule has 0 spiro atoms. The smallest absolute Gasteiger partial charge is 0.265 e. The summed E-state index contributed by atoms with van der Waals surface area (Å²) in [6.07, 6.45) is 0.594. The van der Waals surface area contributed by atoms with Crippen LogP contribution in [0.2, 0.25) is 5.28 Å². The number of hydrogen-bond donors (Lipinski definition) is 0. The Morgan fingerprint density at radius 2 is 1.90 bits per heavy atom. The van der Waals surface area contributed by atoms with Crippen molar-refractivity contribution < 1.29 is 0 Å². The fraction of sp³-hybridized carbons (Fsp3) is 0.214. The number of hydrogen-bond acceptors (Lipinski definition) is 3. The largest absolute Gasteiger partial charge is 0.286 e. The molecule has 0 bridgehead atoms. The van der Waals surface area contributed by atoms with E-state index in [1.54, 1.807) is 18.8 Å². The SMILES string of the molecule is Cn1c(Cl)nc2c(c(Cc3ccccc3)nn2C)c1=O. The van der Waals surface area contributed by atoms with Crippen molar-refractivity contribution >= 4 is 22.6 Å². The lowest BCUT2D eigenvalue weighted by Crippen LogP contribution is -2.19. The molecular weight excluding hydrogens is 276 g/mol. The summed E-state index contributed by atoms with van der Waals surface area (Å²) in [6, 6.07) is 9.91. The maximum Gasteiger partial charge on any atom is 0.265 e. The van der Waals surface area contributed by atoms with Gasteiger partial charge in [-0.15, -0.1) is 0 Å². The van der Waals surface area contributed by atoms with Gasteiger partial charge < -0.3 is 0 Å². The Kier molecular flexibility index (Phi) is 3.06. The Bertz CT molecular complexity index is 836. The zero-order valence-electron chi connectivity index (χ0n) is 11.2. The molecule has 0 N–H and O–H groups in total. The van der Waals surface area contributed by atoms with Crippen molar-refractivity contribution in [3.63, 3.8) is 0 Å². The predicted molar refractivity (Wildman–Crippen MR) is 78.0 cm³/mol. The van der Waals surface area contributed by atoms with Gasteiger partial charge in [-0.3, -0.25) is 9.36 Å². The zero-order valence-corrected chi connectivity index (χ0v) is 11.9. The van der Waals surface area contributed by atoms with Gasteiger partial charge in [-0.05, 0) is 17.2 Å². The molecule has 1 aromatic carbocycles. The fourth-order valence-corrected chi connectivity index (χ4v) is 2.40. The molecule has 2 heterocycles. The monoisotopic (exact) mass is 288 g/mol. The third-order valence-corrected chi connectivity index (χ3v) is 3.64. The molecule has 0 saturated heterocycles. The molecule has 102 valence electrons. The van der Waals surface area contributed by atoms with Crippen LogP contribution in [-0.2, 0) is 20.5 Å². The number of nitrogens with zero attached hydrogens (tertiary/aromatic N) is 4. The third kappa shape index (κ3) is 2.00. The van der Waals surface area contributed by atoms with E-state index in [0.29, 0.717) is 17.5 Å². The standard InChI is InChI=1S/C14H13ClN4O/c1-18-13(20)11-10(8-9-6-4-3-5-7-9)17-19(2)12(11)16-14(18)15/h3-7H,8H2,1-2H3. The molecule has 3 rings (SSSR count). The molecule has 5 nitrogen and oxygen atoms in total. The molecule has 3 aromatic rings. The molecule has 0 saturated carbocycles. The lowest BCUT2D eigenvalue weighted by atomic mass is 10.1. The van der Waals surface area contributed by atoms with Crippen LogP contribution in [0.25, 0.3) is 11.0 Å². The van der Waals surface area contributed by atoms with Crippen LogP contribution >= 0.6 is 11.6 Å². The molecule has 0 amide bonds. The molecule has 0 aliphatic carbocycles. The average Bonchev–Trinajstić information content (AvgIpc) is 2.74. The van der Waals surface area contributed by atoms with Crippen molar-refractivity contribution in [2.45, 2.75) is 6.42 Å². The molecule has 6 heteroatoms. The van der Waals surface area contributed by atoms with Crippen molar-refractivity contribution in [2.24, 2.45) is 14.1 Å². The molecule has 20 heavy (non-hydrogen) atoms. The van der Waals surface area contributed by atoms with Crippen LogP contribution < -0.4 is 5.56 Å². The van der Waals surface area contributed by atoms with Crippen LogP contribution in [-0.4, -0.2) is 19.3 Å². The van der Waals surface area contributed by atoms with E-state index in [2.05, 4.69) is 10.1 Å². The van der Waals surface area contributed by atoms with Crippen molar-refractivity contribution in [3.05, 3.63) is 57.2 Å². The normalized spacial score (nSPS) is 11.2. The number of aromatic nitrogens is 4. The Balaban J connectivity index is 2.22. The van der Waals surface area contributed by atoms with Crippen LogP contribution in [0.5, 0.6) is 0 Å². The van der Waals surface area contributed by atoms with Gasteiger partial charge in [0.05, 0.1) is 5.69 Å². The first-order valence-electron chi connectivity index (χ1n) is 6.20. The Morgan fingerprint density at radius 3 is 2.60 bits per heavy atom. The highest BCUT2D eigenvalue weighted by Gasteiger charge is 2.16. The average molecular weight is 289 g/mol. The van der Waals surface area contributed by atoms with E-state index in [-0.39, 0.29) is 10.8 Å². The summed E-state index contributed by atoms with van der Waals surface area (Å²) in [6.45, 7) is 0. The Morgan fingerprint density at radius 1 is 1.20 bits per heavy atom. The second-order valence-corrected chi connectivity index (χ2v) is 5.01. The minimum absolute atomic E-state index is 0.164. The highest BCUT2D eigenvalue weighted by Crippen LogP contribution is 2.17. The van der Waals surface area contributed by atoms with E-state index in [1.165, 1.54) is 4.57 Å². The van der Waals surface area contributed by atoms with E-state index in [9.17, 15) is 4.79 Å². The van der Waals surface area contributed by atoms with Gasteiger partial charge in [0.15, 0.2) is 5.65 Å². The summed E-state index contributed by atoms with van der Waals surface area (Å²) in [5.41, 5.74) is 2.17. The van der Waals surface area contributed by atoms with E-state index < -0.39 is 0 Å². The van der Waals surface area contributed by atoms with Crippen LogP contribution in [0.3, 0.4) is 0 Å². The van der Waals surface area contributed by atoms with E-state index in [1.807, 2.05) is 30.3 Å². The van der Waals surface area contributed by atoms with Crippen molar-refractivity contribution in [2.75, 3.05) is 0 Å². The third-order valence-electron chi connectivity index (χ3n) is 3.30. The number of rotatable bonds is 2. The summed E-state index contributed by atoms with van der Waals surface area (Å²) in [5.74, 6) is 0. The molecular formula is C14H13ClN4O. The van der Waals surface area contributed by atoms with Crippen molar-refractivity contribution in [1.29, 1.82) is 0 Å². The maximum absolute atomic E-state index is 12.4. The maximum atomic E-state index is 12.4. The van der Waals surface area contributed by atoms with Crippen LogP contribution in [0.15, 0.2) is 35.1 Å². The second kappa shape index (κ2) is 4.76. The van der Waals surface area contributed by atoms with E-state index in [0.717, 1.165) is 11.3 Å². The summed E-state index contributed by atoms with van der Waals surface area (Å²) >= 11 is 5.95. The first-order chi connectivity index (χ1) is 9.58. The summed E-state index contributed by atoms with van der Waals surface area (Å²) in [5, 5.41) is 5.10. The first kappa shape index (κ1) is 12.9. The number of fused-ring (bicyclic) bond motifs is 1. The summed E-state index contributed by atoms with van der Waals surface area (Å²) < 4.78 is 2.93. The zero-order chi connectivity index (χ0) is 14.3. The van der Waals surface area contributed by atoms with Gasteiger partial charge in [-0.2, -0.15) is 10.1 Å². The molecule has 0 fully saturated rings. The van der Waals surface area contributed by atoms with E-state index >= 15 is 0 Å². The van der Waals surface area contributed by atoms with Gasteiger partial charge in [0, 0.05) is 20.5 Å². The van der Waals surface area contributed by atoms with E-state index in [4.69, 9.17) is 11.6 Å². The highest BCUT2D eigenvalue weighted by atomic mass is 35.5. The van der Waals surface area contributed by atoms with Gasteiger partial charge in [-0.25, -0.2) is 4.68 Å². The molecule has 2 aromatic heterocycles. The number of benzene rings is 1. The molecule has 0 atom stereocenters. The number of halogens is 1. The predicted octanol–water partition coefficient (Wildman–Crippen LogP) is 1.91. The minimum Gasteiger partial charge on any atom is -0.286 e. The molecule has 0 unspecified atom stereocenters. The Labute approximate surface area is 120 Å². The van der Waals surface area contributed by atoms with Gasteiger partial charge in [0.1, 0.15) is 5.39 Å². The van der Waals surface area contributed by atoms with Crippen molar-refractivity contribution in [1.82, 2.24) is 19.3 Å².